The second kappa shape index (κ2) is 14.4. The SMILES string of the molecule is CC(C)(C)c1cc(Cc2cc(Cc3cc(C(C)(C)C)c(O)c(C(C)(C)C)c3)cc(Cc3cc(C(C)(C)C)c(O)c(C(C)(C)C)c3)c2)cc(C(C)(C)C)c1O. The lowest BCUT2D eigenvalue weighted by molar-refractivity contribution is 0.422. The number of benzene rings is 4. The molecule has 0 aromatic heterocycles. The first-order chi connectivity index (χ1) is 24.3. The highest BCUT2D eigenvalue weighted by Crippen LogP contribution is 2.43. The lowest BCUT2D eigenvalue weighted by Gasteiger charge is -2.29. The summed E-state index contributed by atoms with van der Waals surface area (Å²) in [7, 11) is 0. The topological polar surface area (TPSA) is 60.7 Å². The molecule has 4 aromatic carbocycles. The fourth-order valence-corrected chi connectivity index (χ4v) is 7.67. The second-order valence-electron chi connectivity index (χ2n) is 22.3. The van der Waals surface area contributed by atoms with Crippen LogP contribution in [-0.2, 0) is 51.8 Å². The minimum Gasteiger partial charge on any atom is -0.507 e. The highest BCUT2D eigenvalue weighted by molar-refractivity contribution is 5.54. The van der Waals surface area contributed by atoms with Crippen LogP contribution in [0.5, 0.6) is 17.2 Å². The minimum atomic E-state index is -0.212. The van der Waals surface area contributed by atoms with Crippen molar-refractivity contribution in [3.63, 3.8) is 0 Å². The summed E-state index contributed by atoms with van der Waals surface area (Å²) in [6.45, 7) is 39.0. The average Bonchev–Trinajstić information content (AvgIpc) is 2.96. The van der Waals surface area contributed by atoms with Crippen molar-refractivity contribution in [3.8, 4) is 17.2 Å². The van der Waals surface area contributed by atoms with E-state index in [0.29, 0.717) is 17.2 Å². The Hall–Kier alpha value is -3.72. The van der Waals surface area contributed by atoms with E-state index in [1.165, 1.54) is 33.4 Å². The van der Waals surface area contributed by atoms with Crippen LogP contribution in [0, 0.1) is 0 Å². The zero-order chi connectivity index (χ0) is 41.1. The maximum atomic E-state index is 11.5. The average molecular weight is 733 g/mol. The number of aromatic hydroxyl groups is 3. The molecule has 0 amide bonds. The van der Waals surface area contributed by atoms with Crippen molar-refractivity contribution in [2.24, 2.45) is 0 Å². The molecule has 3 N–H and O–H groups in total. The Labute approximate surface area is 329 Å². The van der Waals surface area contributed by atoms with Gasteiger partial charge < -0.3 is 15.3 Å². The van der Waals surface area contributed by atoms with Gasteiger partial charge in [0.1, 0.15) is 17.2 Å². The summed E-state index contributed by atoms with van der Waals surface area (Å²) in [5.74, 6) is 1.21. The Morgan fingerprint density at radius 1 is 0.259 bits per heavy atom. The van der Waals surface area contributed by atoms with Crippen LogP contribution < -0.4 is 0 Å². The number of phenolic OH excluding ortho intramolecular Hbond substituents is 3. The number of rotatable bonds is 6. The first kappa shape index (κ1) is 43.0. The minimum absolute atomic E-state index is 0.212. The Bertz CT molecular complexity index is 1650. The van der Waals surface area contributed by atoms with Crippen molar-refractivity contribution in [1.29, 1.82) is 0 Å². The summed E-state index contributed by atoms with van der Waals surface area (Å²) in [6.07, 6.45) is 2.21. The summed E-state index contributed by atoms with van der Waals surface area (Å²) >= 11 is 0. The van der Waals surface area contributed by atoms with Crippen LogP contribution >= 0.6 is 0 Å². The van der Waals surface area contributed by atoms with Gasteiger partial charge >= 0.3 is 0 Å². The van der Waals surface area contributed by atoms with Crippen molar-refractivity contribution in [3.05, 3.63) is 121 Å². The maximum Gasteiger partial charge on any atom is 0.123 e. The van der Waals surface area contributed by atoms with Crippen LogP contribution in [0.3, 0.4) is 0 Å². The van der Waals surface area contributed by atoms with E-state index < -0.39 is 0 Å². The molecular weight excluding hydrogens is 661 g/mol. The molecular formula is C51H72O3. The molecule has 0 aliphatic heterocycles. The van der Waals surface area contributed by atoms with Crippen molar-refractivity contribution < 1.29 is 15.3 Å². The van der Waals surface area contributed by atoms with E-state index in [4.69, 9.17) is 0 Å². The fraction of sp³-hybridized carbons (Fsp3) is 0.529. The third-order valence-electron chi connectivity index (χ3n) is 10.7. The van der Waals surface area contributed by atoms with Crippen molar-refractivity contribution in [2.75, 3.05) is 0 Å². The molecule has 0 aliphatic carbocycles. The van der Waals surface area contributed by atoms with Gasteiger partial charge in [-0.2, -0.15) is 0 Å². The van der Waals surface area contributed by atoms with E-state index in [0.717, 1.165) is 52.6 Å². The Morgan fingerprint density at radius 3 is 0.519 bits per heavy atom. The highest BCUT2D eigenvalue weighted by atomic mass is 16.3. The third-order valence-corrected chi connectivity index (χ3v) is 10.7. The third kappa shape index (κ3) is 9.92. The Kier molecular flexibility index (Phi) is 11.5. The normalized spacial score (nSPS) is 13.4. The van der Waals surface area contributed by atoms with E-state index >= 15 is 0 Å². The molecule has 54 heavy (non-hydrogen) atoms. The van der Waals surface area contributed by atoms with Crippen molar-refractivity contribution in [1.82, 2.24) is 0 Å². The van der Waals surface area contributed by atoms with Crippen LogP contribution in [-0.4, -0.2) is 15.3 Å². The van der Waals surface area contributed by atoms with Gasteiger partial charge in [-0.3, -0.25) is 0 Å². The zero-order valence-electron chi connectivity index (χ0n) is 37.2. The molecule has 4 aromatic rings. The van der Waals surface area contributed by atoms with Gasteiger partial charge in [0.2, 0.25) is 0 Å². The lowest BCUT2D eigenvalue weighted by atomic mass is 9.77. The zero-order valence-corrected chi connectivity index (χ0v) is 37.2. The van der Waals surface area contributed by atoms with E-state index in [-0.39, 0.29) is 32.5 Å². The first-order valence-electron chi connectivity index (χ1n) is 20.0. The van der Waals surface area contributed by atoms with Crippen LogP contribution in [0.25, 0.3) is 0 Å². The van der Waals surface area contributed by atoms with Crippen LogP contribution in [0.15, 0.2) is 54.6 Å². The van der Waals surface area contributed by atoms with Gasteiger partial charge in [0.25, 0.3) is 0 Å². The van der Waals surface area contributed by atoms with Crippen molar-refractivity contribution in [2.45, 2.75) is 176 Å². The monoisotopic (exact) mass is 733 g/mol. The molecule has 0 heterocycles. The van der Waals surface area contributed by atoms with Crippen molar-refractivity contribution >= 4 is 0 Å². The molecule has 0 saturated carbocycles. The fourth-order valence-electron chi connectivity index (χ4n) is 7.67. The van der Waals surface area contributed by atoms with Gasteiger partial charge in [0.05, 0.1) is 0 Å². The maximum absolute atomic E-state index is 11.5. The summed E-state index contributed by atoms with van der Waals surface area (Å²) < 4.78 is 0. The number of phenols is 3. The van der Waals surface area contributed by atoms with Gasteiger partial charge in [-0.05, 0) is 119 Å². The molecule has 4 rings (SSSR count). The number of hydrogen-bond acceptors (Lipinski definition) is 3. The smallest absolute Gasteiger partial charge is 0.123 e. The predicted octanol–water partition coefficient (Wildman–Crippen LogP) is 13.4. The van der Waals surface area contributed by atoms with E-state index in [1.54, 1.807) is 0 Å². The van der Waals surface area contributed by atoms with E-state index in [9.17, 15) is 15.3 Å². The lowest BCUT2D eigenvalue weighted by Crippen LogP contribution is -2.18. The summed E-state index contributed by atoms with van der Waals surface area (Å²) in [6, 6.07) is 20.3. The highest BCUT2D eigenvalue weighted by Gasteiger charge is 2.29. The standard InChI is InChI=1S/C51H72O3/c1-46(2,3)37-25-34(26-38(43(37)52)47(4,5)6)22-31-19-32(23-35-27-39(48(7,8)9)44(53)40(28-35)49(10,11)12)21-33(20-31)24-36-29-41(50(13,14)15)45(54)42(30-36)51(16,17)18/h19-21,25-30,52-54H,22-24H2,1-18H3. The molecule has 3 heteroatoms. The van der Waals surface area contributed by atoms with Gasteiger partial charge in [-0.1, -0.05) is 179 Å². The first-order valence-corrected chi connectivity index (χ1v) is 20.0. The quantitative estimate of drug-likeness (QED) is 0.185. The molecule has 0 atom stereocenters. The molecule has 0 spiro atoms. The molecule has 0 bridgehead atoms. The predicted molar refractivity (Wildman–Crippen MR) is 231 cm³/mol. The van der Waals surface area contributed by atoms with Gasteiger partial charge in [0.15, 0.2) is 0 Å². The van der Waals surface area contributed by atoms with Crippen LogP contribution in [0.4, 0.5) is 0 Å². The molecule has 0 aliphatic rings. The molecule has 0 unspecified atom stereocenters. The summed E-state index contributed by atoms with van der Waals surface area (Å²) in [5.41, 5.74) is 11.8. The molecule has 0 saturated heterocycles. The van der Waals surface area contributed by atoms with Crippen LogP contribution in [0.2, 0.25) is 0 Å². The Balaban J connectivity index is 1.96. The van der Waals surface area contributed by atoms with Crippen LogP contribution in [0.1, 0.15) is 191 Å². The molecule has 294 valence electrons. The number of hydrogen-bond donors (Lipinski definition) is 3. The Morgan fingerprint density at radius 2 is 0.389 bits per heavy atom. The van der Waals surface area contributed by atoms with E-state index in [2.05, 4.69) is 179 Å². The summed E-state index contributed by atoms with van der Waals surface area (Å²) in [4.78, 5) is 0. The molecule has 3 nitrogen and oxygen atoms in total. The van der Waals surface area contributed by atoms with Gasteiger partial charge in [0, 0.05) is 0 Å². The summed E-state index contributed by atoms with van der Waals surface area (Å²) in [5, 5.41) is 34.5. The largest absolute Gasteiger partial charge is 0.507 e. The molecule has 0 radical (unpaired) electrons. The molecule has 0 fully saturated rings. The van der Waals surface area contributed by atoms with Gasteiger partial charge in [-0.15, -0.1) is 0 Å². The van der Waals surface area contributed by atoms with Gasteiger partial charge in [-0.25, -0.2) is 0 Å². The van der Waals surface area contributed by atoms with E-state index in [1.807, 2.05) is 0 Å². The second-order valence-corrected chi connectivity index (χ2v) is 22.3.